The molecule has 0 aliphatic heterocycles. The number of methoxy groups -OCH3 is 1. The van der Waals surface area contributed by atoms with E-state index in [4.69, 9.17) is 9.47 Å². The average Bonchev–Trinajstić information content (AvgIpc) is 2.84. The van der Waals surface area contributed by atoms with Crippen LogP contribution in [0.5, 0.6) is 0 Å². The van der Waals surface area contributed by atoms with Crippen molar-refractivity contribution in [3.05, 3.63) is 12.4 Å². The lowest BCUT2D eigenvalue weighted by Crippen LogP contribution is -2.17. The summed E-state index contributed by atoms with van der Waals surface area (Å²) in [5, 5.41) is 3.34. The fraction of sp³-hybridized carbons (Fsp3) is 0.769. The van der Waals surface area contributed by atoms with Gasteiger partial charge in [-0.1, -0.05) is 6.92 Å². The van der Waals surface area contributed by atoms with Crippen molar-refractivity contribution in [1.29, 1.82) is 0 Å². The van der Waals surface area contributed by atoms with Crippen LogP contribution in [-0.4, -0.2) is 43.0 Å². The highest BCUT2D eigenvalue weighted by Crippen LogP contribution is 2.17. The number of nitrogens with one attached hydrogen (secondary N) is 1. The Balaban J connectivity index is 2.43. The van der Waals surface area contributed by atoms with Crippen molar-refractivity contribution in [2.75, 3.05) is 38.8 Å². The Labute approximate surface area is 109 Å². The van der Waals surface area contributed by atoms with E-state index in [1.54, 1.807) is 7.11 Å². The summed E-state index contributed by atoms with van der Waals surface area (Å²) in [6, 6.07) is 0.340. The Morgan fingerprint density at radius 2 is 2.28 bits per heavy atom. The van der Waals surface area contributed by atoms with Gasteiger partial charge in [0, 0.05) is 39.3 Å². The molecule has 5 nitrogen and oxygen atoms in total. The third-order valence-electron chi connectivity index (χ3n) is 2.85. The van der Waals surface area contributed by atoms with Crippen molar-refractivity contribution in [1.82, 2.24) is 9.55 Å². The van der Waals surface area contributed by atoms with E-state index in [0.29, 0.717) is 12.6 Å². The monoisotopic (exact) mass is 255 g/mol. The fourth-order valence-corrected chi connectivity index (χ4v) is 1.85. The molecule has 0 saturated carbocycles. The third-order valence-corrected chi connectivity index (χ3v) is 2.85. The summed E-state index contributed by atoms with van der Waals surface area (Å²) in [7, 11) is 1.73. The molecule has 0 radical (unpaired) electrons. The summed E-state index contributed by atoms with van der Waals surface area (Å²) in [6.45, 7) is 7.32. The van der Waals surface area contributed by atoms with Crippen LogP contribution in [0, 0.1) is 0 Å². The smallest absolute Gasteiger partial charge is 0.203 e. The van der Waals surface area contributed by atoms with Gasteiger partial charge in [-0.25, -0.2) is 4.98 Å². The highest BCUT2D eigenvalue weighted by atomic mass is 16.5. The lowest BCUT2D eigenvalue weighted by atomic mass is 10.2. The summed E-state index contributed by atoms with van der Waals surface area (Å²) >= 11 is 0. The number of hydrogen-bond acceptors (Lipinski definition) is 4. The molecule has 1 aromatic heterocycles. The summed E-state index contributed by atoms with van der Waals surface area (Å²) in [4.78, 5) is 4.34. The molecule has 0 saturated heterocycles. The average molecular weight is 255 g/mol. The van der Waals surface area contributed by atoms with Gasteiger partial charge in [-0.05, 0) is 19.8 Å². The van der Waals surface area contributed by atoms with Crippen molar-refractivity contribution >= 4 is 5.95 Å². The van der Waals surface area contributed by atoms with Crippen LogP contribution in [0.2, 0.25) is 0 Å². The van der Waals surface area contributed by atoms with E-state index in [1.807, 2.05) is 19.3 Å². The van der Waals surface area contributed by atoms with Gasteiger partial charge in [0.25, 0.3) is 0 Å². The first-order chi connectivity index (χ1) is 8.83. The molecule has 1 aromatic rings. The maximum Gasteiger partial charge on any atom is 0.203 e. The zero-order valence-corrected chi connectivity index (χ0v) is 11.7. The number of hydrogen-bond donors (Lipinski definition) is 1. The Kier molecular flexibility index (Phi) is 7.44. The topological polar surface area (TPSA) is 48.3 Å². The van der Waals surface area contributed by atoms with Crippen LogP contribution in [0.3, 0.4) is 0 Å². The van der Waals surface area contributed by atoms with Crippen molar-refractivity contribution in [3.8, 4) is 0 Å². The Morgan fingerprint density at radius 3 is 2.94 bits per heavy atom. The predicted molar refractivity (Wildman–Crippen MR) is 73.0 cm³/mol. The van der Waals surface area contributed by atoms with Gasteiger partial charge in [-0.15, -0.1) is 0 Å². The first-order valence-electron chi connectivity index (χ1n) is 6.66. The van der Waals surface area contributed by atoms with E-state index >= 15 is 0 Å². The van der Waals surface area contributed by atoms with Crippen LogP contribution in [0.15, 0.2) is 12.4 Å². The van der Waals surface area contributed by atoms with Gasteiger partial charge in [0.15, 0.2) is 0 Å². The number of nitrogens with zero attached hydrogens (tertiary/aromatic N) is 2. The minimum absolute atomic E-state index is 0.340. The van der Waals surface area contributed by atoms with Gasteiger partial charge < -0.3 is 19.4 Å². The van der Waals surface area contributed by atoms with Crippen molar-refractivity contribution in [3.63, 3.8) is 0 Å². The molecule has 104 valence electrons. The van der Waals surface area contributed by atoms with Gasteiger partial charge in [-0.3, -0.25) is 0 Å². The molecule has 1 atom stereocenters. The van der Waals surface area contributed by atoms with E-state index in [0.717, 1.165) is 38.5 Å². The number of aromatic nitrogens is 2. The van der Waals surface area contributed by atoms with E-state index < -0.39 is 0 Å². The summed E-state index contributed by atoms with van der Waals surface area (Å²) in [5.74, 6) is 0.912. The second kappa shape index (κ2) is 8.94. The maximum absolute atomic E-state index is 5.30. The fourth-order valence-electron chi connectivity index (χ4n) is 1.85. The second-order valence-electron chi connectivity index (χ2n) is 4.15. The minimum Gasteiger partial charge on any atom is -0.383 e. The quantitative estimate of drug-likeness (QED) is 0.652. The number of rotatable bonds is 10. The molecule has 0 aromatic carbocycles. The summed E-state index contributed by atoms with van der Waals surface area (Å²) in [6.07, 6.45) is 5.83. The highest BCUT2D eigenvalue weighted by Gasteiger charge is 2.12. The maximum atomic E-state index is 5.30. The largest absolute Gasteiger partial charge is 0.383 e. The van der Waals surface area contributed by atoms with Crippen LogP contribution in [0.1, 0.15) is 32.7 Å². The number of ether oxygens (including phenoxy) is 2. The number of imidazole rings is 1. The molecule has 1 N–H and O–H groups in total. The molecular weight excluding hydrogens is 230 g/mol. The van der Waals surface area contributed by atoms with E-state index in [9.17, 15) is 0 Å². The Morgan fingerprint density at radius 1 is 1.44 bits per heavy atom. The molecule has 0 bridgehead atoms. The first kappa shape index (κ1) is 15.0. The van der Waals surface area contributed by atoms with Crippen molar-refractivity contribution < 1.29 is 9.47 Å². The molecule has 1 heterocycles. The van der Waals surface area contributed by atoms with Gasteiger partial charge >= 0.3 is 0 Å². The Hall–Kier alpha value is -1.07. The van der Waals surface area contributed by atoms with Gasteiger partial charge in [0.2, 0.25) is 5.95 Å². The number of anilines is 1. The summed E-state index contributed by atoms with van der Waals surface area (Å²) in [5.41, 5.74) is 0. The lowest BCUT2D eigenvalue weighted by Gasteiger charge is -2.18. The standard InChI is InChI=1S/C13H25N3O2/c1-4-12(11-17-3)16-9-8-15-13(16)14-7-6-10-18-5-2/h8-9,12H,4-7,10-11H2,1-3H3,(H,14,15). The SMILES string of the molecule is CCOCCCNc1nccn1C(CC)COC. The molecule has 0 spiro atoms. The van der Waals surface area contributed by atoms with E-state index in [1.165, 1.54) is 0 Å². The second-order valence-corrected chi connectivity index (χ2v) is 4.15. The zero-order chi connectivity index (χ0) is 13.2. The molecule has 0 aliphatic carbocycles. The van der Waals surface area contributed by atoms with Crippen LogP contribution in [0.25, 0.3) is 0 Å². The van der Waals surface area contributed by atoms with Crippen molar-refractivity contribution in [2.45, 2.75) is 32.7 Å². The van der Waals surface area contributed by atoms with E-state index in [2.05, 4.69) is 21.8 Å². The molecule has 0 fully saturated rings. The molecule has 1 unspecified atom stereocenters. The van der Waals surface area contributed by atoms with Crippen LogP contribution in [0.4, 0.5) is 5.95 Å². The van der Waals surface area contributed by atoms with Crippen LogP contribution in [-0.2, 0) is 9.47 Å². The lowest BCUT2D eigenvalue weighted by molar-refractivity contribution is 0.147. The molecule has 0 aliphatic rings. The third kappa shape index (κ3) is 4.66. The molecular formula is C13H25N3O2. The predicted octanol–water partition coefficient (Wildman–Crippen LogP) is 2.32. The Bertz CT molecular complexity index is 315. The first-order valence-corrected chi connectivity index (χ1v) is 6.66. The molecule has 0 amide bonds. The van der Waals surface area contributed by atoms with Crippen LogP contribution < -0.4 is 5.32 Å². The van der Waals surface area contributed by atoms with Gasteiger partial charge in [0.05, 0.1) is 12.6 Å². The van der Waals surface area contributed by atoms with Gasteiger partial charge in [0.1, 0.15) is 0 Å². The highest BCUT2D eigenvalue weighted by molar-refractivity contribution is 5.26. The zero-order valence-electron chi connectivity index (χ0n) is 11.7. The van der Waals surface area contributed by atoms with Crippen LogP contribution >= 0.6 is 0 Å². The summed E-state index contributed by atoms with van der Waals surface area (Å²) < 4.78 is 12.7. The molecule has 18 heavy (non-hydrogen) atoms. The normalized spacial score (nSPS) is 12.6. The molecule has 5 heteroatoms. The van der Waals surface area contributed by atoms with Gasteiger partial charge in [-0.2, -0.15) is 0 Å². The van der Waals surface area contributed by atoms with Crippen molar-refractivity contribution in [2.24, 2.45) is 0 Å². The van der Waals surface area contributed by atoms with E-state index in [-0.39, 0.29) is 0 Å². The minimum atomic E-state index is 0.340. The molecule has 1 rings (SSSR count).